The summed E-state index contributed by atoms with van der Waals surface area (Å²) >= 11 is 0. The predicted octanol–water partition coefficient (Wildman–Crippen LogP) is 2.07. The predicted molar refractivity (Wildman–Crippen MR) is 119 cm³/mol. The number of halogens is 1. The summed E-state index contributed by atoms with van der Waals surface area (Å²) in [7, 11) is 0. The van der Waals surface area contributed by atoms with E-state index < -0.39 is 5.54 Å². The number of hydrogen-bond donors (Lipinski definition) is 3. The molecule has 1 aromatic carbocycles. The van der Waals surface area contributed by atoms with Gasteiger partial charge in [-0.15, -0.1) is 22.6 Å². The summed E-state index contributed by atoms with van der Waals surface area (Å²) in [6, 6.07) is 15.6. The van der Waals surface area contributed by atoms with E-state index >= 15 is 0 Å². The number of carbonyl (C=O) groups excluding carboxylic acids is 1. The fourth-order valence-corrected chi connectivity index (χ4v) is 3.64. The minimum absolute atomic E-state index is 0. The molecule has 0 saturated carbocycles. The van der Waals surface area contributed by atoms with Crippen molar-refractivity contribution in [1.82, 2.24) is 30.6 Å². The van der Waals surface area contributed by atoms with E-state index in [2.05, 4.69) is 31.2 Å². The molecule has 1 amide bonds. The Morgan fingerprint density at radius 1 is 1.03 bits per heavy atom. The van der Waals surface area contributed by atoms with Crippen LogP contribution in [0.4, 0.5) is 5.82 Å². The van der Waals surface area contributed by atoms with Crippen LogP contribution >= 0.6 is 12.4 Å². The highest BCUT2D eigenvalue weighted by Crippen LogP contribution is 2.27. The minimum Gasteiger partial charge on any atom is -0.367 e. The lowest BCUT2D eigenvalue weighted by Crippen LogP contribution is -2.55. The summed E-state index contributed by atoms with van der Waals surface area (Å²) in [4.78, 5) is 13.0. The molecule has 1 aliphatic heterocycles. The van der Waals surface area contributed by atoms with E-state index in [1.807, 2.05) is 54.7 Å². The Hall–Kier alpha value is -2.97. The lowest BCUT2D eigenvalue weighted by molar-refractivity contribution is -0.131. The number of anilines is 1. The number of nitrogens with zero attached hydrogens (tertiary/aromatic N) is 4. The average molecular weight is 428 g/mol. The Morgan fingerprint density at radius 2 is 1.83 bits per heavy atom. The monoisotopic (exact) mass is 427 g/mol. The molecule has 2 aromatic heterocycles. The van der Waals surface area contributed by atoms with Crippen LogP contribution in [0.3, 0.4) is 0 Å². The number of nitrogens with one attached hydrogen (secondary N) is 3. The Kier molecular flexibility index (Phi) is 7.37. The highest BCUT2D eigenvalue weighted by Gasteiger charge is 2.41. The maximum absolute atomic E-state index is 13.0. The molecule has 0 aliphatic carbocycles. The summed E-state index contributed by atoms with van der Waals surface area (Å²) in [5.74, 6) is 0.692. The van der Waals surface area contributed by atoms with Crippen LogP contribution in [0, 0.1) is 0 Å². The van der Waals surface area contributed by atoms with Crippen molar-refractivity contribution in [2.45, 2.75) is 18.4 Å². The number of carbonyl (C=O) groups is 1. The van der Waals surface area contributed by atoms with Crippen molar-refractivity contribution in [2.75, 3.05) is 31.5 Å². The Balaban J connectivity index is 0.00000256. The Morgan fingerprint density at radius 3 is 2.50 bits per heavy atom. The first-order valence-corrected chi connectivity index (χ1v) is 9.90. The molecule has 0 spiro atoms. The summed E-state index contributed by atoms with van der Waals surface area (Å²) in [6.45, 7) is 2.67. The largest absolute Gasteiger partial charge is 0.367 e. The number of hydrogen-bond acceptors (Lipinski definition) is 6. The molecule has 8 nitrogen and oxygen atoms in total. The molecule has 30 heavy (non-hydrogen) atoms. The smallest absolute Gasteiger partial charge is 0.248 e. The van der Waals surface area contributed by atoms with Gasteiger partial charge in [-0.1, -0.05) is 30.3 Å². The van der Waals surface area contributed by atoms with Crippen LogP contribution in [0.15, 0.2) is 60.9 Å². The number of aromatic nitrogens is 4. The first-order chi connectivity index (χ1) is 14.3. The van der Waals surface area contributed by atoms with Crippen molar-refractivity contribution < 1.29 is 4.79 Å². The molecular weight excluding hydrogens is 402 g/mol. The first kappa shape index (κ1) is 21.7. The van der Waals surface area contributed by atoms with Gasteiger partial charge in [0.25, 0.3) is 0 Å². The third-order valence-electron chi connectivity index (χ3n) is 5.25. The molecule has 1 fully saturated rings. The molecule has 3 heterocycles. The molecule has 1 saturated heterocycles. The Labute approximate surface area is 181 Å². The van der Waals surface area contributed by atoms with Crippen LogP contribution in [0.1, 0.15) is 12.8 Å². The summed E-state index contributed by atoms with van der Waals surface area (Å²) in [6.07, 6.45) is 5.03. The van der Waals surface area contributed by atoms with E-state index in [-0.39, 0.29) is 18.3 Å². The lowest BCUT2D eigenvalue weighted by atomic mass is 9.87. The zero-order chi connectivity index (χ0) is 19.9. The number of rotatable bonds is 7. The molecule has 0 atom stereocenters. The second-order valence-electron chi connectivity index (χ2n) is 7.08. The minimum atomic E-state index is -0.619. The van der Waals surface area contributed by atoms with Gasteiger partial charge in [-0.2, -0.15) is 5.10 Å². The van der Waals surface area contributed by atoms with Gasteiger partial charge >= 0.3 is 0 Å². The molecular formula is C21H26ClN7O. The zero-order valence-corrected chi connectivity index (χ0v) is 17.4. The molecule has 158 valence electrons. The van der Waals surface area contributed by atoms with Crippen LogP contribution in [0.2, 0.25) is 0 Å². The van der Waals surface area contributed by atoms with E-state index in [1.54, 1.807) is 10.9 Å². The maximum atomic E-state index is 13.0. The molecule has 0 radical (unpaired) electrons. The van der Waals surface area contributed by atoms with Crippen molar-refractivity contribution in [3.8, 4) is 11.3 Å². The van der Waals surface area contributed by atoms with Gasteiger partial charge in [0.1, 0.15) is 11.4 Å². The van der Waals surface area contributed by atoms with Crippen LogP contribution in [-0.2, 0) is 10.3 Å². The normalized spacial score (nSPS) is 15.1. The maximum Gasteiger partial charge on any atom is 0.248 e. The van der Waals surface area contributed by atoms with Crippen molar-refractivity contribution in [3.05, 3.63) is 60.9 Å². The van der Waals surface area contributed by atoms with Crippen LogP contribution in [0.5, 0.6) is 0 Å². The SMILES string of the molecule is Cl.O=C(NCCNc1ccc(-c2ccccc2)nn1)C1(n2cccn2)CCNCC1. The summed E-state index contributed by atoms with van der Waals surface area (Å²) in [5.41, 5.74) is 1.24. The molecule has 3 N–H and O–H groups in total. The van der Waals surface area contributed by atoms with E-state index in [9.17, 15) is 4.79 Å². The van der Waals surface area contributed by atoms with Crippen LogP contribution in [0.25, 0.3) is 11.3 Å². The van der Waals surface area contributed by atoms with Gasteiger partial charge in [-0.05, 0) is 44.1 Å². The standard InChI is InChI=1S/C21H25N7O.ClH/c29-20(21(9-12-22-13-10-21)28-16-4-11-25-28)24-15-14-23-19-8-7-18(26-27-19)17-5-2-1-3-6-17;/h1-8,11,16,22H,9-10,12-15H2,(H,23,27)(H,24,29);1H. The van der Waals surface area contributed by atoms with Gasteiger partial charge in [0.15, 0.2) is 0 Å². The molecule has 4 rings (SSSR count). The fraction of sp³-hybridized carbons (Fsp3) is 0.333. The number of amides is 1. The van der Waals surface area contributed by atoms with Crippen molar-refractivity contribution in [3.63, 3.8) is 0 Å². The van der Waals surface area contributed by atoms with Crippen LogP contribution in [-0.4, -0.2) is 52.1 Å². The van der Waals surface area contributed by atoms with Gasteiger partial charge in [0, 0.05) is 31.0 Å². The van der Waals surface area contributed by atoms with Gasteiger partial charge in [-0.25, -0.2) is 0 Å². The number of benzene rings is 1. The zero-order valence-electron chi connectivity index (χ0n) is 16.6. The molecule has 3 aromatic rings. The highest BCUT2D eigenvalue weighted by molar-refractivity contribution is 5.85. The van der Waals surface area contributed by atoms with E-state index in [0.29, 0.717) is 18.9 Å². The third kappa shape index (κ3) is 4.77. The van der Waals surface area contributed by atoms with E-state index in [1.165, 1.54) is 0 Å². The van der Waals surface area contributed by atoms with E-state index in [0.717, 1.165) is 37.2 Å². The lowest BCUT2D eigenvalue weighted by Gasteiger charge is -2.36. The molecule has 0 unspecified atom stereocenters. The topological polar surface area (TPSA) is 96.8 Å². The van der Waals surface area contributed by atoms with Gasteiger partial charge in [0.2, 0.25) is 5.91 Å². The van der Waals surface area contributed by atoms with Gasteiger partial charge in [0.05, 0.1) is 5.69 Å². The van der Waals surface area contributed by atoms with Crippen molar-refractivity contribution in [1.29, 1.82) is 0 Å². The van der Waals surface area contributed by atoms with Crippen molar-refractivity contribution in [2.24, 2.45) is 0 Å². The second kappa shape index (κ2) is 10.2. The van der Waals surface area contributed by atoms with Crippen molar-refractivity contribution >= 4 is 24.1 Å². The summed E-state index contributed by atoms with van der Waals surface area (Å²) < 4.78 is 1.80. The number of piperidine rings is 1. The van der Waals surface area contributed by atoms with Crippen LogP contribution < -0.4 is 16.0 Å². The Bertz CT molecular complexity index is 910. The third-order valence-corrected chi connectivity index (χ3v) is 5.25. The fourth-order valence-electron chi connectivity index (χ4n) is 3.64. The quantitative estimate of drug-likeness (QED) is 0.499. The molecule has 0 bridgehead atoms. The highest BCUT2D eigenvalue weighted by atomic mass is 35.5. The van der Waals surface area contributed by atoms with E-state index in [4.69, 9.17) is 0 Å². The van der Waals surface area contributed by atoms with Gasteiger partial charge < -0.3 is 16.0 Å². The average Bonchev–Trinajstić information content (AvgIpc) is 3.34. The first-order valence-electron chi connectivity index (χ1n) is 9.90. The second-order valence-corrected chi connectivity index (χ2v) is 7.08. The summed E-state index contributed by atoms with van der Waals surface area (Å²) in [5, 5.41) is 22.4. The van der Waals surface area contributed by atoms with Gasteiger partial charge in [-0.3, -0.25) is 9.48 Å². The molecule has 9 heteroatoms. The molecule has 1 aliphatic rings.